The van der Waals surface area contributed by atoms with Gasteiger partial charge in [-0.05, 0) is 24.7 Å². The van der Waals surface area contributed by atoms with Crippen LogP contribution >= 0.6 is 0 Å². The maximum atomic E-state index is 13.5. The van der Waals surface area contributed by atoms with Gasteiger partial charge in [-0.1, -0.05) is 26.8 Å². The van der Waals surface area contributed by atoms with Gasteiger partial charge in [0.2, 0.25) is 21.8 Å². The zero-order valence-electron chi connectivity index (χ0n) is 21.2. The normalized spacial score (nSPS) is 30.9. The van der Waals surface area contributed by atoms with Crippen LogP contribution in [0.3, 0.4) is 0 Å². The van der Waals surface area contributed by atoms with Gasteiger partial charge in [-0.2, -0.15) is 0 Å². The van der Waals surface area contributed by atoms with E-state index in [2.05, 4.69) is 6.58 Å². The molecule has 11 nitrogen and oxygen atoms in total. The van der Waals surface area contributed by atoms with Crippen molar-refractivity contribution in [2.75, 3.05) is 13.7 Å². The van der Waals surface area contributed by atoms with Crippen LogP contribution in [0, 0.1) is 16.7 Å². The van der Waals surface area contributed by atoms with Crippen LogP contribution in [0.1, 0.15) is 59.3 Å². The minimum atomic E-state index is -3.92. The van der Waals surface area contributed by atoms with Gasteiger partial charge >= 0.3 is 5.97 Å². The molecule has 3 N–H and O–H groups in total. The predicted octanol–water partition coefficient (Wildman–Crippen LogP) is 0.0484. The summed E-state index contributed by atoms with van der Waals surface area (Å²) < 4.78 is 31.4. The predicted molar refractivity (Wildman–Crippen MR) is 128 cm³/mol. The Bertz CT molecular complexity index is 1060. The number of nitrogens with zero attached hydrogens (tertiary/aromatic N) is 1. The summed E-state index contributed by atoms with van der Waals surface area (Å²) in [5.74, 6) is -3.51. The molecule has 202 valence electrons. The van der Waals surface area contributed by atoms with E-state index in [0.717, 1.165) is 6.08 Å². The van der Waals surface area contributed by atoms with Gasteiger partial charge in [-0.3, -0.25) is 23.9 Å². The fourth-order valence-corrected chi connectivity index (χ4v) is 6.31. The molecule has 1 heterocycles. The van der Waals surface area contributed by atoms with Crippen LogP contribution in [-0.4, -0.2) is 83.7 Å². The zero-order valence-corrected chi connectivity index (χ0v) is 22.0. The summed E-state index contributed by atoms with van der Waals surface area (Å²) in [7, 11) is -2.71. The molecule has 0 aromatic heterocycles. The van der Waals surface area contributed by atoms with E-state index in [4.69, 9.17) is 4.74 Å². The Kier molecular flexibility index (Phi) is 7.48. The number of ketones is 1. The lowest BCUT2D eigenvalue weighted by Gasteiger charge is -2.34. The Morgan fingerprint density at radius 2 is 1.86 bits per heavy atom. The van der Waals surface area contributed by atoms with Crippen LogP contribution in [0.15, 0.2) is 12.7 Å². The molecule has 2 amide bonds. The molecule has 0 aromatic rings. The maximum absolute atomic E-state index is 13.5. The van der Waals surface area contributed by atoms with Crippen LogP contribution < -0.4 is 4.72 Å². The molecule has 12 heteroatoms. The van der Waals surface area contributed by atoms with Crippen molar-refractivity contribution < 1.29 is 42.5 Å². The molecule has 0 radical (unpaired) electrons. The molecule has 0 aromatic carbocycles. The number of carbonyl (C=O) groups excluding carboxylic acids is 4. The third kappa shape index (κ3) is 5.35. The molecule has 0 bridgehead atoms. The standard InChI is InChI=1S/C24H36N2O9S/c1-6-24(32)13-23(24,21(31)25-36(33,34)15-7-8-15)11-18(28)17-9-14(27)12-26(17)20(30)16(22(2,3)4)10-19(29)35-5/h6,14-17,27,32H,1,7-13H2,2-5H3,(H,25,31)/t14-,16-,17+,23-,24?/m1/s1. The molecular weight excluding hydrogens is 492 g/mol. The number of rotatable bonds is 10. The smallest absolute Gasteiger partial charge is 0.306 e. The number of amides is 2. The van der Waals surface area contributed by atoms with Crippen molar-refractivity contribution in [2.24, 2.45) is 16.7 Å². The summed E-state index contributed by atoms with van der Waals surface area (Å²) in [5, 5.41) is 20.4. The summed E-state index contributed by atoms with van der Waals surface area (Å²) >= 11 is 0. The van der Waals surface area contributed by atoms with Gasteiger partial charge in [0.25, 0.3) is 0 Å². The van der Waals surface area contributed by atoms with E-state index >= 15 is 0 Å². The molecule has 0 spiro atoms. The first kappa shape index (κ1) is 28.3. The molecule has 1 unspecified atom stereocenters. The Morgan fingerprint density at radius 1 is 1.25 bits per heavy atom. The van der Waals surface area contributed by atoms with Gasteiger partial charge in [0.15, 0.2) is 5.78 Å². The second-order valence-electron chi connectivity index (χ2n) is 11.3. The van der Waals surface area contributed by atoms with Crippen molar-refractivity contribution in [2.45, 2.75) is 82.3 Å². The summed E-state index contributed by atoms with van der Waals surface area (Å²) in [5.41, 5.74) is -4.19. The molecule has 3 aliphatic rings. The first-order chi connectivity index (χ1) is 16.5. The van der Waals surface area contributed by atoms with Crippen LogP contribution in [0.25, 0.3) is 0 Å². The Hall–Kier alpha value is -2.31. The lowest BCUT2D eigenvalue weighted by molar-refractivity contribution is -0.151. The van der Waals surface area contributed by atoms with E-state index in [9.17, 15) is 37.8 Å². The first-order valence-electron chi connectivity index (χ1n) is 12.0. The number of methoxy groups -OCH3 is 1. The molecule has 2 aliphatic carbocycles. The molecular formula is C24H36N2O9S. The van der Waals surface area contributed by atoms with E-state index in [1.165, 1.54) is 12.0 Å². The van der Waals surface area contributed by atoms with Crippen molar-refractivity contribution in [1.29, 1.82) is 0 Å². The van der Waals surface area contributed by atoms with Crippen molar-refractivity contribution in [3.63, 3.8) is 0 Å². The minimum Gasteiger partial charge on any atom is -0.469 e. The SMILES string of the molecule is C=CC1(O)C[C@]1(CC(=O)[C@@H]1C[C@@H](O)CN1C(=O)[C@@H](CC(=O)OC)C(C)(C)C)C(=O)NS(=O)(=O)C1CC1. The molecule has 3 fully saturated rings. The number of ether oxygens (including phenoxy) is 1. The molecule has 36 heavy (non-hydrogen) atoms. The molecule has 3 rings (SSSR count). The lowest BCUT2D eigenvalue weighted by atomic mass is 9.77. The van der Waals surface area contributed by atoms with Gasteiger partial charge in [-0.15, -0.1) is 6.58 Å². The van der Waals surface area contributed by atoms with E-state index in [1.807, 2.05) is 4.72 Å². The summed E-state index contributed by atoms with van der Waals surface area (Å²) in [6.45, 7) is 8.71. The second kappa shape index (κ2) is 9.53. The van der Waals surface area contributed by atoms with Gasteiger partial charge in [-0.25, -0.2) is 8.42 Å². The van der Waals surface area contributed by atoms with Crippen molar-refractivity contribution in [3.05, 3.63) is 12.7 Å². The summed E-state index contributed by atoms with van der Waals surface area (Å²) in [4.78, 5) is 53.2. The van der Waals surface area contributed by atoms with E-state index in [0.29, 0.717) is 12.8 Å². The topological polar surface area (TPSA) is 167 Å². The maximum Gasteiger partial charge on any atom is 0.306 e. The number of carbonyl (C=O) groups is 4. The van der Waals surface area contributed by atoms with Crippen molar-refractivity contribution in [3.8, 4) is 0 Å². The van der Waals surface area contributed by atoms with Gasteiger partial charge < -0.3 is 19.8 Å². The zero-order chi connectivity index (χ0) is 27.3. The number of hydrogen-bond donors (Lipinski definition) is 3. The number of esters is 1. The highest BCUT2D eigenvalue weighted by Crippen LogP contribution is 2.60. The second-order valence-corrected chi connectivity index (χ2v) is 13.3. The van der Waals surface area contributed by atoms with Gasteiger partial charge in [0.05, 0.1) is 47.9 Å². The molecule has 2 saturated carbocycles. The first-order valence-corrected chi connectivity index (χ1v) is 13.6. The number of likely N-dealkylation sites (tertiary alicyclic amines) is 1. The molecule has 5 atom stereocenters. The Balaban J connectivity index is 1.83. The third-order valence-electron chi connectivity index (χ3n) is 7.60. The van der Waals surface area contributed by atoms with Crippen LogP contribution in [0.2, 0.25) is 0 Å². The average Bonchev–Trinajstić information content (AvgIpc) is 3.68. The minimum absolute atomic E-state index is 0.0791. The van der Waals surface area contributed by atoms with Crippen molar-refractivity contribution >= 4 is 33.6 Å². The van der Waals surface area contributed by atoms with Crippen LogP contribution in [0.5, 0.6) is 0 Å². The monoisotopic (exact) mass is 528 g/mol. The number of β-amino-alcohol motifs (C(OH)–C–C–N with tert-alkyl or cyclic N) is 1. The number of sulfonamides is 1. The number of nitrogens with one attached hydrogen (secondary N) is 1. The molecule has 1 saturated heterocycles. The molecule has 1 aliphatic heterocycles. The highest BCUT2D eigenvalue weighted by Gasteiger charge is 2.71. The average molecular weight is 529 g/mol. The highest BCUT2D eigenvalue weighted by atomic mass is 32.2. The highest BCUT2D eigenvalue weighted by molar-refractivity contribution is 7.90. The largest absolute Gasteiger partial charge is 0.469 e. The third-order valence-corrected chi connectivity index (χ3v) is 9.42. The van der Waals surface area contributed by atoms with Gasteiger partial charge in [0.1, 0.15) is 0 Å². The Labute approximate surface area is 211 Å². The van der Waals surface area contributed by atoms with E-state index in [1.54, 1.807) is 20.8 Å². The number of aliphatic hydroxyl groups excluding tert-OH is 1. The number of Topliss-reactive ketones (excluding diaryl/α,β-unsaturated/α-hetero) is 1. The van der Waals surface area contributed by atoms with E-state index < -0.39 is 79.8 Å². The van der Waals surface area contributed by atoms with Crippen LogP contribution in [0.4, 0.5) is 0 Å². The number of aliphatic hydroxyl groups is 2. The number of hydrogen-bond acceptors (Lipinski definition) is 9. The Morgan fingerprint density at radius 3 is 2.33 bits per heavy atom. The van der Waals surface area contributed by atoms with Crippen LogP contribution in [-0.2, 0) is 33.9 Å². The fraction of sp³-hybridized carbons (Fsp3) is 0.750. The lowest BCUT2D eigenvalue weighted by Crippen LogP contribution is -2.49. The quantitative estimate of drug-likeness (QED) is 0.262. The van der Waals surface area contributed by atoms with E-state index in [-0.39, 0.29) is 25.8 Å². The summed E-state index contributed by atoms with van der Waals surface area (Å²) in [6, 6.07) is -1.10. The van der Waals surface area contributed by atoms with Gasteiger partial charge in [0, 0.05) is 19.4 Å². The van der Waals surface area contributed by atoms with Crippen molar-refractivity contribution in [1.82, 2.24) is 9.62 Å². The fourth-order valence-electron chi connectivity index (χ4n) is 4.94. The summed E-state index contributed by atoms with van der Waals surface area (Å²) in [6.07, 6.45) is -0.0631.